The Labute approximate surface area is 159 Å². The first-order valence-electron chi connectivity index (χ1n) is 9.00. The van der Waals surface area contributed by atoms with Crippen LogP contribution in [0.2, 0.25) is 0 Å². The lowest BCUT2D eigenvalue weighted by Crippen LogP contribution is -2.11. The molecule has 2 aromatic carbocycles. The SMILES string of the molecule is CCCOc1ccc(C(=O)O)cc1NC(=O)/C=C/c1ccc(C(C)C)cc1. The van der Waals surface area contributed by atoms with Crippen molar-refractivity contribution >= 4 is 23.6 Å². The fourth-order valence-corrected chi connectivity index (χ4v) is 2.44. The summed E-state index contributed by atoms with van der Waals surface area (Å²) in [7, 11) is 0. The number of rotatable bonds is 8. The number of benzene rings is 2. The zero-order chi connectivity index (χ0) is 19.8. The quantitative estimate of drug-likeness (QED) is 0.647. The number of nitrogens with one attached hydrogen (secondary N) is 1. The fraction of sp³-hybridized carbons (Fsp3) is 0.273. The minimum atomic E-state index is -1.06. The highest BCUT2D eigenvalue weighted by atomic mass is 16.5. The van der Waals surface area contributed by atoms with Gasteiger partial charge in [-0.05, 0) is 47.7 Å². The van der Waals surface area contributed by atoms with Crippen LogP contribution in [0.4, 0.5) is 5.69 Å². The van der Waals surface area contributed by atoms with Crippen LogP contribution in [0.15, 0.2) is 48.5 Å². The summed E-state index contributed by atoms with van der Waals surface area (Å²) in [5.74, 6) is -0.514. The average molecular weight is 367 g/mol. The van der Waals surface area contributed by atoms with Crippen molar-refractivity contribution in [3.63, 3.8) is 0 Å². The van der Waals surface area contributed by atoms with Gasteiger partial charge in [-0.25, -0.2) is 4.79 Å². The molecule has 0 aromatic heterocycles. The van der Waals surface area contributed by atoms with E-state index < -0.39 is 5.97 Å². The van der Waals surface area contributed by atoms with Gasteiger partial charge in [0.25, 0.3) is 0 Å². The Kier molecular flexibility index (Phi) is 7.17. The van der Waals surface area contributed by atoms with Crippen LogP contribution in [0.25, 0.3) is 6.08 Å². The molecule has 2 rings (SSSR count). The summed E-state index contributed by atoms with van der Waals surface area (Å²) in [6, 6.07) is 12.4. The summed E-state index contributed by atoms with van der Waals surface area (Å²) in [5, 5.41) is 11.9. The molecule has 0 bridgehead atoms. The summed E-state index contributed by atoms with van der Waals surface area (Å²) in [6.45, 7) is 6.70. The van der Waals surface area contributed by atoms with E-state index in [0.717, 1.165) is 12.0 Å². The maximum atomic E-state index is 12.3. The third-order valence-electron chi connectivity index (χ3n) is 3.98. The number of amides is 1. The van der Waals surface area contributed by atoms with Gasteiger partial charge in [-0.1, -0.05) is 45.0 Å². The van der Waals surface area contributed by atoms with Gasteiger partial charge in [0.05, 0.1) is 17.9 Å². The normalized spacial score (nSPS) is 11.0. The van der Waals surface area contributed by atoms with Gasteiger partial charge in [-0.15, -0.1) is 0 Å². The molecule has 2 N–H and O–H groups in total. The van der Waals surface area contributed by atoms with Gasteiger partial charge in [0, 0.05) is 6.08 Å². The second-order valence-electron chi connectivity index (χ2n) is 6.51. The molecule has 0 aliphatic heterocycles. The molecule has 0 spiro atoms. The van der Waals surface area contributed by atoms with Crippen molar-refractivity contribution in [3.8, 4) is 5.75 Å². The van der Waals surface area contributed by atoms with Gasteiger partial charge in [0.15, 0.2) is 0 Å². The summed E-state index contributed by atoms with van der Waals surface area (Å²) in [6.07, 6.45) is 3.94. The largest absolute Gasteiger partial charge is 0.491 e. The molecular formula is C22H25NO4. The Bertz CT molecular complexity index is 823. The van der Waals surface area contributed by atoms with Crippen LogP contribution in [0.3, 0.4) is 0 Å². The molecule has 0 unspecified atom stereocenters. The van der Waals surface area contributed by atoms with Gasteiger partial charge >= 0.3 is 5.97 Å². The van der Waals surface area contributed by atoms with Crippen molar-refractivity contribution in [1.82, 2.24) is 0 Å². The molecule has 5 heteroatoms. The molecule has 0 atom stereocenters. The molecule has 0 fully saturated rings. The van der Waals surface area contributed by atoms with Crippen LogP contribution in [-0.4, -0.2) is 23.6 Å². The zero-order valence-electron chi connectivity index (χ0n) is 15.9. The highest BCUT2D eigenvalue weighted by Crippen LogP contribution is 2.26. The zero-order valence-corrected chi connectivity index (χ0v) is 15.9. The van der Waals surface area contributed by atoms with Crippen molar-refractivity contribution in [1.29, 1.82) is 0 Å². The van der Waals surface area contributed by atoms with Crippen LogP contribution in [0.5, 0.6) is 5.75 Å². The number of ether oxygens (including phenoxy) is 1. The first-order valence-corrected chi connectivity index (χ1v) is 9.00. The number of anilines is 1. The first kappa shape index (κ1) is 20.2. The van der Waals surface area contributed by atoms with Gasteiger partial charge < -0.3 is 15.2 Å². The summed E-state index contributed by atoms with van der Waals surface area (Å²) in [5.41, 5.74) is 2.58. The van der Waals surface area contributed by atoms with Gasteiger partial charge in [-0.3, -0.25) is 4.79 Å². The first-order chi connectivity index (χ1) is 12.9. The number of aromatic carboxylic acids is 1. The standard InChI is InChI=1S/C22H25NO4/c1-4-13-27-20-11-10-18(22(25)26)14-19(20)23-21(24)12-7-16-5-8-17(9-6-16)15(2)3/h5-12,14-15H,4,13H2,1-3H3,(H,23,24)(H,25,26)/b12-7+. The van der Waals surface area contributed by atoms with Crippen LogP contribution in [-0.2, 0) is 4.79 Å². The van der Waals surface area contributed by atoms with Crippen LogP contribution >= 0.6 is 0 Å². The van der Waals surface area contributed by atoms with Gasteiger partial charge in [0.1, 0.15) is 5.75 Å². The van der Waals surface area contributed by atoms with Crippen LogP contribution in [0.1, 0.15) is 54.6 Å². The lowest BCUT2D eigenvalue weighted by Gasteiger charge is -2.12. The maximum Gasteiger partial charge on any atom is 0.335 e. The predicted octanol–water partition coefficient (Wildman–Crippen LogP) is 4.95. The lowest BCUT2D eigenvalue weighted by molar-refractivity contribution is -0.111. The Hall–Kier alpha value is -3.08. The van der Waals surface area contributed by atoms with E-state index >= 15 is 0 Å². The Morgan fingerprint density at radius 2 is 1.85 bits per heavy atom. The van der Waals surface area contributed by atoms with Gasteiger partial charge in [-0.2, -0.15) is 0 Å². The van der Waals surface area contributed by atoms with E-state index in [1.807, 2.05) is 31.2 Å². The van der Waals surface area contributed by atoms with Crippen LogP contribution < -0.4 is 10.1 Å². The van der Waals surface area contributed by atoms with Crippen molar-refractivity contribution in [2.24, 2.45) is 0 Å². The van der Waals surface area contributed by atoms with E-state index in [9.17, 15) is 9.59 Å². The molecule has 0 aliphatic carbocycles. The maximum absolute atomic E-state index is 12.3. The summed E-state index contributed by atoms with van der Waals surface area (Å²) < 4.78 is 5.59. The van der Waals surface area contributed by atoms with E-state index in [0.29, 0.717) is 24.0 Å². The molecule has 5 nitrogen and oxygen atoms in total. The number of carbonyl (C=O) groups is 2. The minimum Gasteiger partial charge on any atom is -0.491 e. The third-order valence-corrected chi connectivity index (χ3v) is 3.98. The topological polar surface area (TPSA) is 75.6 Å². The number of carboxylic acids is 1. The second-order valence-corrected chi connectivity index (χ2v) is 6.51. The number of carboxylic acid groups (broad SMARTS) is 1. The predicted molar refractivity (Wildman–Crippen MR) is 107 cm³/mol. The molecule has 0 aliphatic rings. The van der Waals surface area contributed by atoms with E-state index in [1.165, 1.54) is 23.8 Å². The highest BCUT2D eigenvalue weighted by molar-refractivity contribution is 6.03. The second kappa shape index (κ2) is 9.57. The van der Waals surface area contributed by atoms with Crippen molar-refractivity contribution < 1.29 is 19.4 Å². The molecule has 0 saturated heterocycles. The number of hydrogen-bond donors (Lipinski definition) is 2. The van der Waals surface area contributed by atoms with Crippen molar-refractivity contribution in [2.75, 3.05) is 11.9 Å². The van der Waals surface area contributed by atoms with Crippen molar-refractivity contribution in [3.05, 3.63) is 65.2 Å². The molecule has 0 radical (unpaired) electrons. The fourth-order valence-electron chi connectivity index (χ4n) is 2.44. The Morgan fingerprint density at radius 1 is 1.15 bits per heavy atom. The molecular weight excluding hydrogens is 342 g/mol. The smallest absolute Gasteiger partial charge is 0.335 e. The molecule has 0 saturated carbocycles. The van der Waals surface area contributed by atoms with Crippen molar-refractivity contribution in [2.45, 2.75) is 33.1 Å². The van der Waals surface area contributed by atoms with E-state index in [1.54, 1.807) is 12.1 Å². The number of hydrogen-bond acceptors (Lipinski definition) is 3. The highest BCUT2D eigenvalue weighted by Gasteiger charge is 2.11. The summed E-state index contributed by atoms with van der Waals surface area (Å²) >= 11 is 0. The monoisotopic (exact) mass is 367 g/mol. The molecule has 142 valence electrons. The lowest BCUT2D eigenvalue weighted by atomic mass is 10.0. The Balaban J connectivity index is 2.13. The third kappa shape index (κ3) is 5.99. The molecule has 2 aromatic rings. The van der Waals surface area contributed by atoms with Crippen LogP contribution in [0, 0.1) is 0 Å². The Morgan fingerprint density at radius 3 is 2.44 bits per heavy atom. The average Bonchev–Trinajstić information content (AvgIpc) is 2.65. The molecule has 27 heavy (non-hydrogen) atoms. The molecule has 0 heterocycles. The summed E-state index contributed by atoms with van der Waals surface area (Å²) in [4.78, 5) is 23.5. The van der Waals surface area contributed by atoms with Gasteiger partial charge in [0.2, 0.25) is 5.91 Å². The van der Waals surface area contributed by atoms with E-state index in [-0.39, 0.29) is 11.5 Å². The van der Waals surface area contributed by atoms with E-state index in [2.05, 4.69) is 19.2 Å². The number of carbonyl (C=O) groups excluding carboxylic acids is 1. The molecule has 1 amide bonds. The van der Waals surface area contributed by atoms with E-state index in [4.69, 9.17) is 9.84 Å². The minimum absolute atomic E-state index is 0.0856.